The van der Waals surface area contributed by atoms with E-state index in [4.69, 9.17) is 14.2 Å². The Kier molecular flexibility index (Phi) is 8.85. The average Bonchev–Trinajstić information content (AvgIpc) is 2.88. The second-order valence-corrected chi connectivity index (χ2v) is 8.22. The number of ether oxygens (including phenoxy) is 3. The third-order valence-electron chi connectivity index (χ3n) is 3.35. The van der Waals surface area contributed by atoms with Gasteiger partial charge in [-0.1, -0.05) is 13.8 Å². The molecule has 0 radical (unpaired) electrons. The third-order valence-corrected chi connectivity index (χ3v) is 5.33. The Morgan fingerprint density at radius 1 is 1.43 bits per heavy atom. The van der Waals surface area contributed by atoms with Crippen molar-refractivity contribution in [1.29, 1.82) is 0 Å². The minimum absolute atomic E-state index is 0. The fraction of sp³-hybridized carbons (Fsp3) is 0.714. The molecule has 0 saturated carbocycles. The summed E-state index contributed by atoms with van der Waals surface area (Å²) in [4.78, 5) is 0. The van der Waals surface area contributed by atoms with Crippen LogP contribution in [0.15, 0.2) is 10.8 Å². The zero-order chi connectivity index (χ0) is 16.2. The first-order valence-corrected chi connectivity index (χ1v) is 9.70. The topological polar surface area (TPSA) is 82.1 Å². The third kappa shape index (κ3) is 6.89. The van der Waals surface area contributed by atoms with Crippen molar-refractivity contribution in [3.05, 3.63) is 10.8 Å². The van der Waals surface area contributed by atoms with Crippen LogP contribution in [0.2, 0.25) is 0 Å². The van der Waals surface area contributed by atoms with E-state index in [1.54, 1.807) is 0 Å². The first-order valence-electron chi connectivity index (χ1n) is 7.26. The maximum Gasteiger partial charge on any atom is 1.00 e. The molecule has 2 rings (SSSR count). The molecule has 0 spiro atoms. The average molecular weight is 374 g/mol. The molecule has 1 N–H and O–H groups in total. The van der Waals surface area contributed by atoms with Crippen molar-refractivity contribution in [1.82, 2.24) is 0 Å². The summed E-state index contributed by atoms with van der Waals surface area (Å²) in [7, 11) is -4.03. The van der Waals surface area contributed by atoms with Gasteiger partial charge in [-0.3, -0.25) is 4.55 Å². The van der Waals surface area contributed by atoms with E-state index in [0.717, 1.165) is 11.5 Å². The number of hydrogen-bond acceptors (Lipinski definition) is 6. The quantitative estimate of drug-likeness (QED) is 0.383. The molecule has 1 aliphatic rings. The van der Waals surface area contributed by atoms with Crippen molar-refractivity contribution in [2.24, 2.45) is 5.92 Å². The Bertz CT molecular complexity index is 578. The van der Waals surface area contributed by atoms with Crippen LogP contribution in [-0.2, 0) is 14.9 Å². The summed E-state index contributed by atoms with van der Waals surface area (Å²) in [6, 6.07) is 0. The molecule has 0 aliphatic carbocycles. The molecule has 2 atom stereocenters. The van der Waals surface area contributed by atoms with Gasteiger partial charge in [0.15, 0.2) is 17.6 Å². The molecule has 0 bridgehead atoms. The van der Waals surface area contributed by atoms with Crippen LogP contribution in [0.5, 0.6) is 11.5 Å². The zero-order valence-electron chi connectivity index (χ0n) is 14.7. The van der Waals surface area contributed by atoms with E-state index in [1.807, 2.05) is 24.6 Å². The Morgan fingerprint density at radius 2 is 2.13 bits per heavy atom. The van der Waals surface area contributed by atoms with Gasteiger partial charge in [0.1, 0.15) is 6.61 Å². The van der Waals surface area contributed by atoms with Gasteiger partial charge in [-0.25, -0.2) is 0 Å². The van der Waals surface area contributed by atoms with E-state index < -0.39 is 15.4 Å². The van der Waals surface area contributed by atoms with E-state index in [9.17, 15) is 13.0 Å². The van der Waals surface area contributed by atoms with Crippen LogP contribution in [0.25, 0.3) is 0 Å². The number of hydrogen-bond donors (Lipinski definition) is 1. The normalized spacial score (nSPS) is 18.5. The molecule has 2 heterocycles. The molecule has 0 saturated heterocycles. The van der Waals surface area contributed by atoms with Crippen LogP contribution in [-0.4, -0.2) is 44.1 Å². The van der Waals surface area contributed by atoms with Crippen LogP contribution in [0.1, 0.15) is 28.1 Å². The summed E-state index contributed by atoms with van der Waals surface area (Å²) < 4.78 is 48.6. The van der Waals surface area contributed by atoms with Crippen LogP contribution < -0.4 is 39.0 Å². The molecule has 1 aliphatic heterocycles. The summed E-state index contributed by atoms with van der Waals surface area (Å²) in [5, 5.41) is 2.98. The molecule has 6 nitrogen and oxygen atoms in total. The molecular formula is C14H23NaO6S2. The number of rotatable bonds is 8. The molecule has 2 unspecified atom stereocenters. The molecule has 128 valence electrons. The molecule has 0 amide bonds. The minimum Gasteiger partial charge on any atom is -1.00 e. The maximum atomic E-state index is 11.3. The fourth-order valence-corrected chi connectivity index (χ4v) is 3.98. The van der Waals surface area contributed by atoms with Crippen molar-refractivity contribution in [3.8, 4) is 11.5 Å². The van der Waals surface area contributed by atoms with Gasteiger partial charge in [-0.15, -0.1) is 11.3 Å². The van der Waals surface area contributed by atoms with Gasteiger partial charge in [0, 0.05) is 17.4 Å². The van der Waals surface area contributed by atoms with Crippen LogP contribution in [0, 0.1) is 5.92 Å². The Labute approximate surface area is 165 Å². The van der Waals surface area contributed by atoms with E-state index in [2.05, 4.69) is 0 Å². The summed E-state index contributed by atoms with van der Waals surface area (Å²) in [6.07, 6.45) is 0.494. The summed E-state index contributed by atoms with van der Waals surface area (Å²) in [5.41, 5.74) is 0. The van der Waals surface area contributed by atoms with E-state index in [1.165, 1.54) is 11.3 Å². The predicted molar refractivity (Wildman–Crippen MR) is 85.6 cm³/mol. The fourth-order valence-electron chi connectivity index (χ4n) is 2.29. The van der Waals surface area contributed by atoms with Crippen LogP contribution in [0.3, 0.4) is 0 Å². The van der Waals surface area contributed by atoms with E-state index in [-0.39, 0.29) is 56.0 Å². The minimum atomic E-state index is -4.03. The molecule has 0 fully saturated rings. The zero-order valence-corrected chi connectivity index (χ0v) is 17.4. The van der Waals surface area contributed by atoms with Crippen LogP contribution >= 0.6 is 11.3 Å². The van der Waals surface area contributed by atoms with E-state index in [0.29, 0.717) is 19.6 Å². The summed E-state index contributed by atoms with van der Waals surface area (Å²) in [5.74, 6) is 1.67. The van der Waals surface area contributed by atoms with Crippen molar-refractivity contribution in [3.63, 3.8) is 0 Å². The molecule has 23 heavy (non-hydrogen) atoms. The van der Waals surface area contributed by atoms with Crippen molar-refractivity contribution >= 4 is 21.5 Å². The van der Waals surface area contributed by atoms with Gasteiger partial charge in [0.05, 0.1) is 11.9 Å². The maximum absolute atomic E-state index is 11.3. The van der Waals surface area contributed by atoms with Gasteiger partial charge in [-0.05, 0) is 18.8 Å². The number of fused-ring (bicyclic) bond motifs is 1. The van der Waals surface area contributed by atoms with Crippen LogP contribution in [0.4, 0.5) is 0 Å². The largest absolute Gasteiger partial charge is 1.00 e. The SMILES string of the molecule is CC(C)CC(CCOCC1COc2cscc2O1)S(=O)(=O)O.[H-].[Na+]. The van der Waals surface area contributed by atoms with Gasteiger partial charge >= 0.3 is 29.6 Å². The smallest absolute Gasteiger partial charge is 1.00 e. The first kappa shape index (κ1) is 21.2. The Hall–Kier alpha value is 0.170. The second-order valence-electron chi connectivity index (χ2n) is 5.78. The number of thiophene rings is 1. The second kappa shape index (κ2) is 9.60. The van der Waals surface area contributed by atoms with E-state index >= 15 is 0 Å². The standard InChI is InChI=1S/C14H22O6S2.Na.H/c1-10(2)5-12(22(15,16)17)3-4-18-6-11-7-19-13-8-21-9-14(13)20-11;;/h8-12H,3-7H2,1-2H3,(H,15,16,17);;/q;+1;-1. The van der Waals surface area contributed by atoms with Gasteiger partial charge in [0.2, 0.25) is 0 Å². The Morgan fingerprint density at radius 3 is 2.78 bits per heavy atom. The summed E-state index contributed by atoms with van der Waals surface area (Å²) in [6.45, 7) is 4.84. The summed E-state index contributed by atoms with van der Waals surface area (Å²) >= 11 is 1.51. The Balaban J connectivity index is 0.00000264. The van der Waals surface area contributed by atoms with Crippen molar-refractivity contribution < 1.29 is 58.2 Å². The van der Waals surface area contributed by atoms with Gasteiger partial charge in [-0.2, -0.15) is 8.42 Å². The van der Waals surface area contributed by atoms with Crippen molar-refractivity contribution in [2.75, 3.05) is 19.8 Å². The molecule has 1 aromatic heterocycles. The predicted octanol–water partition coefficient (Wildman–Crippen LogP) is -0.286. The molecule has 9 heteroatoms. The molecule has 0 aromatic carbocycles. The van der Waals surface area contributed by atoms with Crippen molar-refractivity contribution in [2.45, 2.75) is 38.0 Å². The monoisotopic (exact) mass is 374 g/mol. The van der Waals surface area contributed by atoms with Gasteiger partial charge in [0.25, 0.3) is 10.1 Å². The molecular weight excluding hydrogens is 351 g/mol. The first-order chi connectivity index (χ1) is 10.4. The molecule has 1 aromatic rings. The van der Waals surface area contributed by atoms with Gasteiger partial charge < -0.3 is 15.6 Å².